The summed E-state index contributed by atoms with van der Waals surface area (Å²) >= 11 is 0. The molecule has 0 spiro atoms. The Morgan fingerprint density at radius 3 is 2.62 bits per heavy atom. The van der Waals surface area contributed by atoms with E-state index in [4.69, 9.17) is 4.74 Å². The highest BCUT2D eigenvalue weighted by molar-refractivity contribution is 5.72. The first-order valence-electron chi connectivity index (χ1n) is 8.45. The second-order valence-electron chi connectivity index (χ2n) is 6.48. The van der Waals surface area contributed by atoms with E-state index < -0.39 is 5.60 Å². The maximum atomic E-state index is 11.7. The predicted molar refractivity (Wildman–Crippen MR) is 82.1 cm³/mol. The third-order valence-electron chi connectivity index (χ3n) is 4.79. The number of likely N-dealkylation sites (tertiary alicyclic amines) is 1. The molecule has 0 aromatic rings. The number of ether oxygens (including phenoxy) is 1. The highest BCUT2D eigenvalue weighted by Crippen LogP contribution is 2.32. The van der Waals surface area contributed by atoms with Crippen molar-refractivity contribution < 1.29 is 14.6 Å². The molecule has 2 rings (SSSR count). The van der Waals surface area contributed by atoms with E-state index >= 15 is 0 Å². The molecule has 0 amide bonds. The van der Waals surface area contributed by atoms with Crippen molar-refractivity contribution in [2.45, 2.75) is 51.0 Å². The van der Waals surface area contributed by atoms with Gasteiger partial charge in [-0.2, -0.15) is 0 Å². The highest BCUT2D eigenvalue weighted by Gasteiger charge is 2.35. The van der Waals surface area contributed by atoms with Crippen LogP contribution in [-0.4, -0.2) is 60.9 Å². The largest absolute Gasteiger partial charge is 0.466 e. The molecule has 2 N–H and O–H groups in total. The number of aliphatic hydroxyl groups is 1. The molecule has 0 aromatic heterocycles. The first-order valence-corrected chi connectivity index (χ1v) is 8.45. The highest BCUT2D eigenvalue weighted by atomic mass is 16.5. The second kappa shape index (κ2) is 8.11. The summed E-state index contributed by atoms with van der Waals surface area (Å²) < 4.78 is 5.06. The minimum atomic E-state index is -0.645. The van der Waals surface area contributed by atoms with Crippen LogP contribution in [0.4, 0.5) is 0 Å². The Morgan fingerprint density at radius 2 is 2.00 bits per heavy atom. The molecule has 21 heavy (non-hydrogen) atoms. The average Bonchev–Trinajstić information content (AvgIpc) is 2.98. The Hall–Kier alpha value is -0.650. The van der Waals surface area contributed by atoms with Gasteiger partial charge in [-0.25, -0.2) is 0 Å². The third-order valence-corrected chi connectivity index (χ3v) is 4.79. The maximum Gasteiger partial charge on any atom is 0.308 e. The third kappa shape index (κ3) is 5.24. The molecule has 1 heterocycles. The van der Waals surface area contributed by atoms with Crippen molar-refractivity contribution in [1.82, 2.24) is 10.2 Å². The molecule has 1 aliphatic heterocycles. The number of esters is 1. The van der Waals surface area contributed by atoms with Crippen LogP contribution in [0.5, 0.6) is 0 Å². The lowest BCUT2D eigenvalue weighted by Gasteiger charge is -2.35. The molecule has 0 bridgehead atoms. The van der Waals surface area contributed by atoms with Gasteiger partial charge in [-0.05, 0) is 58.5 Å². The van der Waals surface area contributed by atoms with Crippen LogP contribution in [0.25, 0.3) is 0 Å². The Balaban J connectivity index is 1.61. The zero-order valence-electron chi connectivity index (χ0n) is 13.3. The summed E-state index contributed by atoms with van der Waals surface area (Å²) in [6.45, 7) is 7.35. The van der Waals surface area contributed by atoms with Crippen molar-refractivity contribution in [3.63, 3.8) is 0 Å². The molecule has 0 aromatic carbocycles. The van der Waals surface area contributed by atoms with E-state index in [1.807, 2.05) is 6.92 Å². The zero-order valence-corrected chi connectivity index (χ0v) is 13.3. The maximum absolute atomic E-state index is 11.7. The average molecular weight is 298 g/mol. The predicted octanol–water partition coefficient (Wildman–Crippen LogP) is 1.16. The minimum absolute atomic E-state index is 0.0187. The fourth-order valence-electron chi connectivity index (χ4n) is 3.39. The molecule has 0 unspecified atom stereocenters. The van der Waals surface area contributed by atoms with Crippen LogP contribution < -0.4 is 5.32 Å². The summed E-state index contributed by atoms with van der Waals surface area (Å²) in [5.74, 6) is -0.114. The van der Waals surface area contributed by atoms with Crippen molar-refractivity contribution in [2.75, 3.05) is 39.3 Å². The number of carbonyl (C=O) groups excluding carboxylic acids is 1. The summed E-state index contributed by atoms with van der Waals surface area (Å²) in [6.07, 6.45) is 5.49. The summed E-state index contributed by atoms with van der Waals surface area (Å²) in [5, 5.41) is 13.9. The van der Waals surface area contributed by atoms with Crippen molar-refractivity contribution in [3.05, 3.63) is 0 Å². The molecule has 1 saturated carbocycles. The minimum Gasteiger partial charge on any atom is -0.466 e. The van der Waals surface area contributed by atoms with Gasteiger partial charge in [-0.15, -0.1) is 0 Å². The fourth-order valence-corrected chi connectivity index (χ4v) is 3.39. The van der Waals surface area contributed by atoms with Gasteiger partial charge in [-0.1, -0.05) is 0 Å². The molecule has 2 fully saturated rings. The lowest BCUT2D eigenvalue weighted by atomic mass is 9.79. The van der Waals surface area contributed by atoms with Crippen molar-refractivity contribution >= 4 is 5.97 Å². The molecule has 0 atom stereocenters. The van der Waals surface area contributed by atoms with Gasteiger partial charge in [0.15, 0.2) is 0 Å². The summed E-state index contributed by atoms with van der Waals surface area (Å²) in [6, 6.07) is 0. The van der Waals surface area contributed by atoms with Crippen LogP contribution in [0.15, 0.2) is 0 Å². The molecular weight excluding hydrogens is 268 g/mol. The molecule has 1 aliphatic carbocycles. The van der Waals surface area contributed by atoms with E-state index in [0.29, 0.717) is 26.0 Å². The molecule has 5 nitrogen and oxygen atoms in total. The van der Waals surface area contributed by atoms with Gasteiger partial charge in [0.25, 0.3) is 0 Å². The summed E-state index contributed by atoms with van der Waals surface area (Å²) in [7, 11) is 0. The molecule has 122 valence electrons. The molecular formula is C16H30N2O3. The number of rotatable bonds is 7. The van der Waals surface area contributed by atoms with Crippen LogP contribution in [-0.2, 0) is 9.53 Å². The van der Waals surface area contributed by atoms with Gasteiger partial charge in [0.1, 0.15) is 0 Å². The Kier molecular flexibility index (Phi) is 6.45. The lowest BCUT2D eigenvalue weighted by molar-refractivity contribution is -0.151. The van der Waals surface area contributed by atoms with E-state index in [-0.39, 0.29) is 11.9 Å². The normalized spacial score (nSPS) is 30.5. The molecule has 2 aliphatic rings. The Morgan fingerprint density at radius 1 is 1.33 bits per heavy atom. The molecule has 5 heteroatoms. The number of hydrogen-bond acceptors (Lipinski definition) is 5. The van der Waals surface area contributed by atoms with E-state index in [2.05, 4.69) is 10.2 Å². The van der Waals surface area contributed by atoms with Crippen molar-refractivity contribution in [2.24, 2.45) is 5.92 Å². The van der Waals surface area contributed by atoms with E-state index in [1.54, 1.807) is 0 Å². The Bertz CT molecular complexity index is 321. The standard InChI is InChI=1S/C16H30N2O3/c1-2-21-15(19)14-5-7-16(20,8-6-14)13-17-9-12-18-10-3-4-11-18/h14,17,20H,2-13H2,1H3. The molecule has 1 saturated heterocycles. The molecule has 0 radical (unpaired) electrons. The first-order chi connectivity index (χ1) is 10.1. The van der Waals surface area contributed by atoms with Gasteiger partial charge in [-0.3, -0.25) is 4.79 Å². The van der Waals surface area contributed by atoms with Gasteiger partial charge in [0.2, 0.25) is 0 Å². The van der Waals surface area contributed by atoms with Crippen LogP contribution in [0.1, 0.15) is 45.4 Å². The van der Waals surface area contributed by atoms with Crippen LogP contribution >= 0.6 is 0 Å². The Labute approximate surface area is 128 Å². The first kappa shape index (κ1) is 16.7. The quantitative estimate of drug-likeness (QED) is 0.545. The summed E-state index contributed by atoms with van der Waals surface area (Å²) in [4.78, 5) is 14.2. The van der Waals surface area contributed by atoms with E-state index in [1.165, 1.54) is 25.9 Å². The van der Waals surface area contributed by atoms with Crippen molar-refractivity contribution in [3.8, 4) is 0 Å². The second-order valence-corrected chi connectivity index (χ2v) is 6.48. The lowest BCUT2D eigenvalue weighted by Crippen LogP contribution is -2.46. The van der Waals surface area contributed by atoms with Gasteiger partial charge in [0.05, 0.1) is 18.1 Å². The fraction of sp³-hybridized carbons (Fsp3) is 0.938. The van der Waals surface area contributed by atoms with Crippen molar-refractivity contribution in [1.29, 1.82) is 0 Å². The number of hydrogen-bond donors (Lipinski definition) is 2. The topological polar surface area (TPSA) is 61.8 Å². The van der Waals surface area contributed by atoms with E-state index in [0.717, 1.165) is 25.9 Å². The van der Waals surface area contributed by atoms with Gasteiger partial charge >= 0.3 is 5.97 Å². The van der Waals surface area contributed by atoms with E-state index in [9.17, 15) is 9.90 Å². The number of nitrogens with one attached hydrogen (secondary N) is 1. The number of nitrogens with zero attached hydrogens (tertiary/aromatic N) is 1. The van der Waals surface area contributed by atoms with Crippen LogP contribution in [0.3, 0.4) is 0 Å². The van der Waals surface area contributed by atoms with Crippen LogP contribution in [0.2, 0.25) is 0 Å². The summed E-state index contributed by atoms with van der Waals surface area (Å²) in [5.41, 5.74) is -0.645. The van der Waals surface area contributed by atoms with Gasteiger partial charge in [0, 0.05) is 19.6 Å². The van der Waals surface area contributed by atoms with Crippen LogP contribution in [0, 0.1) is 5.92 Å². The monoisotopic (exact) mass is 298 g/mol. The SMILES string of the molecule is CCOC(=O)C1CCC(O)(CNCCN2CCCC2)CC1. The smallest absolute Gasteiger partial charge is 0.308 e. The zero-order chi connectivity index (χ0) is 15.1. The number of carbonyl (C=O) groups is 1. The van der Waals surface area contributed by atoms with Gasteiger partial charge < -0.3 is 20.1 Å².